The SMILES string of the molecule is Cc1csc2c(N3CCC[C@@H](Cn4cc(C(=O)O)nn4)C3)ncnc12. The average Bonchev–Trinajstić information content (AvgIpc) is 3.22. The number of aromatic carboxylic acids is 1. The number of fused-ring (bicyclic) bond motifs is 1. The third kappa shape index (κ3) is 3.07. The normalized spacial score (nSPS) is 18.0. The molecule has 0 spiro atoms. The highest BCUT2D eigenvalue weighted by atomic mass is 32.1. The Kier molecular flexibility index (Phi) is 4.08. The number of carbonyl (C=O) groups is 1. The summed E-state index contributed by atoms with van der Waals surface area (Å²) in [6.45, 7) is 4.57. The van der Waals surface area contributed by atoms with Gasteiger partial charge < -0.3 is 10.0 Å². The third-order valence-corrected chi connectivity index (χ3v) is 5.62. The molecule has 0 amide bonds. The second kappa shape index (κ2) is 6.40. The van der Waals surface area contributed by atoms with Gasteiger partial charge in [-0.05, 0) is 36.6 Å². The molecule has 8 nitrogen and oxygen atoms in total. The Hall–Kier alpha value is -2.55. The minimum absolute atomic E-state index is 0.0146. The van der Waals surface area contributed by atoms with Gasteiger partial charge in [0.05, 0.1) is 16.4 Å². The lowest BCUT2D eigenvalue weighted by Crippen LogP contribution is -2.37. The Balaban J connectivity index is 1.53. The van der Waals surface area contributed by atoms with E-state index in [9.17, 15) is 4.79 Å². The van der Waals surface area contributed by atoms with E-state index in [1.807, 2.05) is 0 Å². The van der Waals surface area contributed by atoms with Gasteiger partial charge in [0.2, 0.25) is 0 Å². The molecule has 4 heterocycles. The maximum Gasteiger partial charge on any atom is 0.358 e. The minimum atomic E-state index is -1.05. The van der Waals surface area contributed by atoms with Crippen molar-refractivity contribution in [2.75, 3.05) is 18.0 Å². The lowest BCUT2D eigenvalue weighted by atomic mass is 9.98. The van der Waals surface area contributed by atoms with Crippen molar-refractivity contribution in [1.82, 2.24) is 25.0 Å². The Morgan fingerprint density at radius 1 is 1.44 bits per heavy atom. The van der Waals surface area contributed by atoms with Gasteiger partial charge in [-0.25, -0.2) is 14.8 Å². The van der Waals surface area contributed by atoms with Crippen LogP contribution in [-0.2, 0) is 6.54 Å². The molecule has 0 bridgehead atoms. The highest BCUT2D eigenvalue weighted by molar-refractivity contribution is 7.18. The minimum Gasteiger partial charge on any atom is -0.476 e. The van der Waals surface area contributed by atoms with Crippen LogP contribution in [0.15, 0.2) is 17.9 Å². The molecular weight excluding hydrogens is 340 g/mol. The fourth-order valence-corrected chi connectivity index (χ4v) is 4.36. The molecule has 0 aliphatic carbocycles. The van der Waals surface area contributed by atoms with Crippen LogP contribution in [0.3, 0.4) is 0 Å². The molecule has 0 saturated carbocycles. The number of thiophene rings is 1. The number of hydrogen-bond acceptors (Lipinski definition) is 7. The van der Waals surface area contributed by atoms with Crippen LogP contribution < -0.4 is 4.90 Å². The zero-order chi connectivity index (χ0) is 17.4. The molecule has 3 aromatic rings. The number of rotatable bonds is 4. The van der Waals surface area contributed by atoms with Crippen molar-refractivity contribution in [2.24, 2.45) is 5.92 Å². The first-order valence-electron chi connectivity index (χ1n) is 8.19. The summed E-state index contributed by atoms with van der Waals surface area (Å²) in [5.41, 5.74) is 2.19. The van der Waals surface area contributed by atoms with E-state index in [1.54, 1.807) is 22.3 Å². The van der Waals surface area contributed by atoms with Crippen molar-refractivity contribution in [3.63, 3.8) is 0 Å². The quantitative estimate of drug-likeness (QED) is 0.763. The molecule has 1 fully saturated rings. The summed E-state index contributed by atoms with van der Waals surface area (Å²) in [6.07, 6.45) is 5.28. The Labute approximate surface area is 148 Å². The molecule has 130 valence electrons. The summed E-state index contributed by atoms with van der Waals surface area (Å²) in [6, 6.07) is 0. The van der Waals surface area contributed by atoms with Gasteiger partial charge in [-0.1, -0.05) is 5.21 Å². The standard InChI is InChI=1S/C16H18N6O2S/c1-10-8-25-14-13(10)17-9-18-15(14)21-4-2-3-11(5-21)6-22-7-12(16(23)24)19-20-22/h7-9,11H,2-6H2,1H3,(H,23,24)/t11-/m1/s1. The summed E-state index contributed by atoms with van der Waals surface area (Å²) in [4.78, 5) is 22.2. The van der Waals surface area contributed by atoms with E-state index >= 15 is 0 Å². The van der Waals surface area contributed by atoms with Crippen LogP contribution >= 0.6 is 11.3 Å². The molecule has 1 atom stereocenters. The first-order chi connectivity index (χ1) is 12.1. The zero-order valence-electron chi connectivity index (χ0n) is 13.8. The summed E-state index contributed by atoms with van der Waals surface area (Å²) < 4.78 is 2.76. The van der Waals surface area contributed by atoms with Crippen molar-refractivity contribution in [3.05, 3.63) is 29.2 Å². The number of aromatic nitrogens is 5. The van der Waals surface area contributed by atoms with Gasteiger partial charge in [0.25, 0.3) is 0 Å². The highest BCUT2D eigenvalue weighted by Crippen LogP contribution is 2.33. The lowest BCUT2D eigenvalue weighted by Gasteiger charge is -2.33. The van der Waals surface area contributed by atoms with Crippen LogP contribution in [0.4, 0.5) is 5.82 Å². The lowest BCUT2D eigenvalue weighted by molar-refractivity contribution is 0.0690. The van der Waals surface area contributed by atoms with E-state index in [2.05, 4.69) is 37.5 Å². The van der Waals surface area contributed by atoms with Gasteiger partial charge >= 0.3 is 5.97 Å². The number of aryl methyl sites for hydroxylation is 1. The van der Waals surface area contributed by atoms with E-state index < -0.39 is 5.97 Å². The molecule has 0 unspecified atom stereocenters. The Bertz CT molecular complexity index is 920. The molecule has 4 rings (SSSR count). The van der Waals surface area contributed by atoms with Gasteiger partial charge in [-0.3, -0.25) is 4.68 Å². The van der Waals surface area contributed by atoms with Gasteiger partial charge in [-0.15, -0.1) is 16.4 Å². The predicted octanol–water partition coefficient (Wildman–Crippen LogP) is 2.21. The Morgan fingerprint density at radius 2 is 2.32 bits per heavy atom. The number of piperidine rings is 1. The maximum atomic E-state index is 10.9. The number of anilines is 1. The molecule has 0 aromatic carbocycles. The zero-order valence-corrected chi connectivity index (χ0v) is 14.6. The van der Waals surface area contributed by atoms with Crippen molar-refractivity contribution < 1.29 is 9.90 Å². The predicted molar refractivity (Wildman–Crippen MR) is 94.1 cm³/mol. The topological polar surface area (TPSA) is 97.0 Å². The van der Waals surface area contributed by atoms with Crippen molar-refractivity contribution in [3.8, 4) is 0 Å². The van der Waals surface area contributed by atoms with E-state index in [1.165, 1.54) is 11.8 Å². The van der Waals surface area contributed by atoms with Crippen LogP contribution in [0.25, 0.3) is 10.2 Å². The summed E-state index contributed by atoms with van der Waals surface area (Å²) in [5.74, 6) is 0.328. The molecule has 0 radical (unpaired) electrons. The van der Waals surface area contributed by atoms with Crippen LogP contribution in [0.5, 0.6) is 0 Å². The molecule has 3 aromatic heterocycles. The molecule has 25 heavy (non-hydrogen) atoms. The molecule has 1 aliphatic heterocycles. The first-order valence-corrected chi connectivity index (χ1v) is 9.07. The monoisotopic (exact) mass is 358 g/mol. The molecule has 1 saturated heterocycles. The third-order valence-electron chi connectivity index (χ3n) is 4.53. The van der Waals surface area contributed by atoms with E-state index in [4.69, 9.17) is 5.11 Å². The fourth-order valence-electron chi connectivity index (χ4n) is 3.34. The van der Waals surface area contributed by atoms with E-state index in [0.29, 0.717) is 12.5 Å². The van der Waals surface area contributed by atoms with Crippen LogP contribution in [0.1, 0.15) is 28.9 Å². The second-order valence-corrected chi connectivity index (χ2v) is 7.26. The Morgan fingerprint density at radius 3 is 3.12 bits per heavy atom. The number of nitrogens with zero attached hydrogens (tertiary/aromatic N) is 6. The molecule has 1 aliphatic rings. The van der Waals surface area contributed by atoms with Gasteiger partial charge in [-0.2, -0.15) is 0 Å². The average molecular weight is 358 g/mol. The summed E-state index contributed by atoms with van der Waals surface area (Å²) in [7, 11) is 0. The van der Waals surface area contributed by atoms with Crippen molar-refractivity contribution >= 4 is 33.3 Å². The van der Waals surface area contributed by atoms with E-state index in [0.717, 1.165) is 42.0 Å². The summed E-state index contributed by atoms with van der Waals surface area (Å²) in [5, 5.41) is 18.7. The maximum absolute atomic E-state index is 10.9. The highest BCUT2D eigenvalue weighted by Gasteiger charge is 2.24. The van der Waals surface area contributed by atoms with Crippen molar-refractivity contribution in [1.29, 1.82) is 0 Å². The van der Waals surface area contributed by atoms with Gasteiger partial charge in [0, 0.05) is 19.6 Å². The second-order valence-electron chi connectivity index (χ2n) is 6.38. The first kappa shape index (κ1) is 15.9. The smallest absolute Gasteiger partial charge is 0.358 e. The van der Waals surface area contributed by atoms with Crippen LogP contribution in [0.2, 0.25) is 0 Å². The summed E-state index contributed by atoms with van der Waals surface area (Å²) >= 11 is 1.69. The van der Waals surface area contributed by atoms with Gasteiger partial charge in [0.15, 0.2) is 5.69 Å². The van der Waals surface area contributed by atoms with E-state index in [-0.39, 0.29) is 5.69 Å². The molecular formula is C16H18N6O2S. The van der Waals surface area contributed by atoms with Gasteiger partial charge in [0.1, 0.15) is 12.1 Å². The number of carboxylic acids is 1. The molecule has 1 N–H and O–H groups in total. The number of carboxylic acid groups (broad SMARTS) is 1. The number of hydrogen-bond donors (Lipinski definition) is 1. The largest absolute Gasteiger partial charge is 0.476 e. The van der Waals surface area contributed by atoms with Crippen LogP contribution in [0, 0.1) is 12.8 Å². The van der Waals surface area contributed by atoms with Crippen molar-refractivity contribution in [2.45, 2.75) is 26.3 Å². The molecule has 9 heteroatoms. The van der Waals surface area contributed by atoms with Crippen LogP contribution in [-0.4, -0.2) is 49.1 Å². The fraction of sp³-hybridized carbons (Fsp3) is 0.438.